The predicted molar refractivity (Wildman–Crippen MR) is 104 cm³/mol. The van der Waals surface area contributed by atoms with Crippen LogP contribution in [0.5, 0.6) is 0 Å². The van der Waals surface area contributed by atoms with Crippen LogP contribution in [0.25, 0.3) is 5.57 Å². The number of halogens is 1. The molecule has 0 fully saturated rings. The minimum absolute atomic E-state index is 0.177. The highest BCUT2D eigenvalue weighted by atomic mass is 35.5. The van der Waals surface area contributed by atoms with Crippen LogP contribution in [0.2, 0.25) is 5.02 Å². The number of ether oxygens (including phenoxy) is 1. The van der Waals surface area contributed by atoms with E-state index in [0.29, 0.717) is 10.6 Å². The maximum atomic E-state index is 11.7. The summed E-state index contributed by atoms with van der Waals surface area (Å²) in [6.07, 6.45) is 4.36. The smallest absolute Gasteiger partial charge is 0.201 e. The number of aliphatic hydroxyl groups is 1. The first-order chi connectivity index (χ1) is 12.4. The van der Waals surface area contributed by atoms with Crippen LogP contribution in [0.15, 0.2) is 66.3 Å². The Balaban J connectivity index is 1.85. The number of hydrogen-bond donors (Lipinski definition) is 1. The molecule has 0 heterocycles. The van der Waals surface area contributed by atoms with Crippen LogP contribution in [0.1, 0.15) is 23.6 Å². The summed E-state index contributed by atoms with van der Waals surface area (Å²) in [5.41, 5.74) is 4.52. The van der Waals surface area contributed by atoms with E-state index in [9.17, 15) is 9.90 Å². The lowest BCUT2D eigenvalue weighted by Gasteiger charge is -2.36. The summed E-state index contributed by atoms with van der Waals surface area (Å²) in [5.74, 6) is -2.44. The van der Waals surface area contributed by atoms with E-state index >= 15 is 0 Å². The molecule has 26 heavy (non-hydrogen) atoms. The third-order valence-electron chi connectivity index (χ3n) is 4.62. The molecule has 2 aromatic carbocycles. The highest BCUT2D eigenvalue weighted by Gasteiger charge is 2.41. The van der Waals surface area contributed by atoms with Gasteiger partial charge in [-0.2, -0.15) is 0 Å². The van der Waals surface area contributed by atoms with Crippen molar-refractivity contribution in [3.63, 3.8) is 0 Å². The minimum atomic E-state index is -1.66. The number of carbonyl (C=O) groups is 1. The molecule has 3 rings (SSSR count). The van der Waals surface area contributed by atoms with Crippen LogP contribution in [0, 0.1) is 12.8 Å². The first kappa shape index (κ1) is 18.6. The normalized spacial score (nSPS) is 22.5. The Morgan fingerprint density at radius 1 is 1.19 bits per heavy atom. The maximum absolute atomic E-state index is 11.7. The molecule has 0 aromatic heterocycles. The standard InChI is InChI=1S/C22H21ClO3/c1-15-4-3-5-18(10-15)19-11-16(2)22(25,20(12-19)13-24)26-14-17-6-8-21(23)9-7-17/h3-13,20,25H,14H2,1-2H3. The van der Waals surface area contributed by atoms with Crippen molar-refractivity contribution in [1.29, 1.82) is 0 Å². The molecule has 1 N–H and O–H groups in total. The van der Waals surface area contributed by atoms with E-state index in [2.05, 4.69) is 6.07 Å². The molecule has 0 radical (unpaired) electrons. The van der Waals surface area contributed by atoms with E-state index in [4.69, 9.17) is 16.3 Å². The van der Waals surface area contributed by atoms with E-state index < -0.39 is 11.7 Å². The number of rotatable bonds is 5. The molecule has 2 unspecified atom stereocenters. The SMILES string of the molecule is CC1=CC(c2cccc(C)c2)=CC(C=O)C1(O)OCc1ccc(Cl)cc1. The van der Waals surface area contributed by atoms with E-state index in [-0.39, 0.29) is 6.61 Å². The van der Waals surface area contributed by atoms with Crippen molar-refractivity contribution < 1.29 is 14.6 Å². The van der Waals surface area contributed by atoms with Gasteiger partial charge in [0.2, 0.25) is 5.79 Å². The van der Waals surface area contributed by atoms with Crippen molar-refractivity contribution in [2.24, 2.45) is 5.92 Å². The lowest BCUT2D eigenvalue weighted by atomic mass is 9.83. The van der Waals surface area contributed by atoms with E-state index in [1.807, 2.05) is 43.3 Å². The van der Waals surface area contributed by atoms with E-state index in [1.54, 1.807) is 25.1 Å². The summed E-state index contributed by atoms with van der Waals surface area (Å²) >= 11 is 5.89. The van der Waals surface area contributed by atoms with Gasteiger partial charge in [-0.15, -0.1) is 0 Å². The van der Waals surface area contributed by atoms with Gasteiger partial charge in [0, 0.05) is 5.02 Å². The molecule has 1 aliphatic carbocycles. The fraction of sp³-hybridized carbons (Fsp3) is 0.227. The Hall–Kier alpha value is -2.20. The molecule has 2 atom stereocenters. The van der Waals surface area contributed by atoms with Crippen LogP contribution in [-0.4, -0.2) is 17.2 Å². The molecule has 0 saturated carbocycles. The number of allylic oxidation sites excluding steroid dienone is 2. The fourth-order valence-electron chi connectivity index (χ4n) is 3.07. The average Bonchev–Trinajstić information content (AvgIpc) is 2.63. The Bertz CT molecular complexity index is 867. The van der Waals surface area contributed by atoms with Gasteiger partial charge in [-0.05, 0) is 48.3 Å². The monoisotopic (exact) mass is 368 g/mol. The number of aryl methyl sites for hydroxylation is 1. The van der Waals surface area contributed by atoms with Crippen LogP contribution in [0.4, 0.5) is 0 Å². The quantitative estimate of drug-likeness (QED) is 0.614. The molecular weight excluding hydrogens is 348 g/mol. The Morgan fingerprint density at radius 2 is 1.92 bits per heavy atom. The first-order valence-corrected chi connectivity index (χ1v) is 8.84. The third kappa shape index (κ3) is 3.80. The van der Waals surface area contributed by atoms with E-state index in [1.165, 1.54) is 0 Å². The van der Waals surface area contributed by atoms with Crippen LogP contribution in [0.3, 0.4) is 0 Å². The topological polar surface area (TPSA) is 46.5 Å². The van der Waals surface area contributed by atoms with Crippen molar-refractivity contribution in [3.05, 3.63) is 88.0 Å². The third-order valence-corrected chi connectivity index (χ3v) is 4.87. The number of hydrogen-bond acceptors (Lipinski definition) is 3. The van der Waals surface area contributed by atoms with Gasteiger partial charge in [-0.25, -0.2) is 0 Å². The Morgan fingerprint density at radius 3 is 2.58 bits per heavy atom. The summed E-state index contributed by atoms with van der Waals surface area (Å²) in [6, 6.07) is 15.2. The van der Waals surface area contributed by atoms with Gasteiger partial charge in [0.1, 0.15) is 6.29 Å². The zero-order valence-electron chi connectivity index (χ0n) is 14.8. The maximum Gasteiger partial charge on any atom is 0.201 e. The zero-order valence-corrected chi connectivity index (χ0v) is 15.5. The summed E-state index contributed by atoms with van der Waals surface area (Å²) in [6.45, 7) is 3.98. The zero-order chi connectivity index (χ0) is 18.7. The first-order valence-electron chi connectivity index (χ1n) is 8.46. The van der Waals surface area contributed by atoms with Gasteiger partial charge in [-0.3, -0.25) is 0 Å². The average molecular weight is 369 g/mol. The Kier molecular flexibility index (Phi) is 5.42. The minimum Gasteiger partial charge on any atom is -0.361 e. The summed E-state index contributed by atoms with van der Waals surface area (Å²) in [5, 5.41) is 11.7. The van der Waals surface area contributed by atoms with Gasteiger partial charge in [0.05, 0.1) is 12.5 Å². The highest BCUT2D eigenvalue weighted by Crippen LogP contribution is 2.37. The van der Waals surface area contributed by atoms with Crippen LogP contribution < -0.4 is 0 Å². The van der Waals surface area contributed by atoms with Crippen LogP contribution >= 0.6 is 11.6 Å². The molecule has 0 bridgehead atoms. The molecule has 0 saturated heterocycles. The fourth-order valence-corrected chi connectivity index (χ4v) is 3.20. The van der Waals surface area contributed by atoms with Gasteiger partial charge < -0.3 is 14.6 Å². The Labute approximate surface area is 158 Å². The van der Waals surface area contributed by atoms with Crippen molar-refractivity contribution in [2.45, 2.75) is 26.2 Å². The lowest BCUT2D eigenvalue weighted by Crippen LogP contribution is -2.43. The molecule has 4 heteroatoms. The van der Waals surface area contributed by atoms with E-state index in [0.717, 1.165) is 28.5 Å². The molecule has 0 spiro atoms. The largest absolute Gasteiger partial charge is 0.361 e. The number of benzene rings is 2. The van der Waals surface area contributed by atoms with Crippen molar-refractivity contribution in [2.75, 3.05) is 0 Å². The molecular formula is C22H21ClO3. The number of aldehydes is 1. The lowest BCUT2D eigenvalue weighted by molar-refractivity contribution is -0.203. The highest BCUT2D eigenvalue weighted by molar-refractivity contribution is 6.30. The predicted octanol–water partition coefficient (Wildman–Crippen LogP) is 4.71. The van der Waals surface area contributed by atoms with Gasteiger partial charge in [0.15, 0.2) is 0 Å². The molecule has 134 valence electrons. The van der Waals surface area contributed by atoms with Gasteiger partial charge >= 0.3 is 0 Å². The van der Waals surface area contributed by atoms with Crippen molar-refractivity contribution >= 4 is 23.5 Å². The van der Waals surface area contributed by atoms with Crippen molar-refractivity contribution in [3.8, 4) is 0 Å². The number of carbonyl (C=O) groups excluding carboxylic acids is 1. The van der Waals surface area contributed by atoms with Gasteiger partial charge in [-0.1, -0.05) is 65.7 Å². The van der Waals surface area contributed by atoms with Crippen LogP contribution in [-0.2, 0) is 16.1 Å². The second-order valence-electron chi connectivity index (χ2n) is 6.59. The molecule has 2 aromatic rings. The molecule has 0 aliphatic heterocycles. The van der Waals surface area contributed by atoms with Gasteiger partial charge in [0.25, 0.3) is 0 Å². The second kappa shape index (κ2) is 7.58. The molecule has 3 nitrogen and oxygen atoms in total. The summed E-state index contributed by atoms with van der Waals surface area (Å²) < 4.78 is 5.79. The second-order valence-corrected chi connectivity index (χ2v) is 7.03. The molecule has 0 amide bonds. The summed E-state index contributed by atoms with van der Waals surface area (Å²) in [7, 11) is 0. The van der Waals surface area contributed by atoms with Crippen molar-refractivity contribution in [1.82, 2.24) is 0 Å². The summed E-state index contributed by atoms with van der Waals surface area (Å²) in [4.78, 5) is 11.7. The molecule has 1 aliphatic rings.